The Labute approximate surface area is 180 Å². The number of allylic oxidation sites excluding steroid dienone is 4. The predicted octanol–water partition coefficient (Wildman–Crippen LogP) is 4.59. The fourth-order valence-electron chi connectivity index (χ4n) is 4.00. The second kappa shape index (κ2) is 9.09. The lowest BCUT2D eigenvalue weighted by atomic mass is 9.89. The molecular weight excluding hydrogens is 397 g/mol. The first-order chi connectivity index (χ1) is 15.1. The van der Waals surface area contributed by atoms with Crippen LogP contribution in [-0.2, 0) is 0 Å². The van der Waals surface area contributed by atoms with E-state index in [0.29, 0.717) is 35.2 Å². The van der Waals surface area contributed by atoms with Gasteiger partial charge in [-0.1, -0.05) is 25.3 Å². The normalized spacial score (nSPS) is 16.1. The number of nitrogens with one attached hydrogen (secondary N) is 1. The molecule has 0 unspecified atom stereocenters. The molecule has 2 aromatic rings. The van der Waals surface area contributed by atoms with Crippen molar-refractivity contribution in [3.63, 3.8) is 0 Å². The molecular formula is C24H24FN3O3. The molecule has 2 aliphatic carbocycles. The standard InChI is InChI=1S/C24H24FN3O3/c1-31-22-9-5-8-21(29)23(22)20-14-19(24(30)26-15-16-6-3-2-4-7-16)27-28(20)18-12-10-17(25)11-13-18/h5,8-10,12,14,16,29H,2-4,6-7,15H2,1H3,(H,26,30). The van der Waals surface area contributed by atoms with Gasteiger partial charge in [0.25, 0.3) is 5.91 Å². The third-order valence-electron chi connectivity index (χ3n) is 5.62. The monoisotopic (exact) mass is 421 g/mol. The van der Waals surface area contributed by atoms with Crippen molar-refractivity contribution in [2.75, 3.05) is 13.7 Å². The Bertz CT molecular complexity index is 1130. The van der Waals surface area contributed by atoms with Gasteiger partial charge in [0, 0.05) is 6.54 Å². The molecule has 0 radical (unpaired) electrons. The molecule has 1 aromatic heterocycles. The van der Waals surface area contributed by atoms with E-state index < -0.39 is 5.83 Å². The highest BCUT2D eigenvalue weighted by atomic mass is 19.1. The van der Waals surface area contributed by atoms with Crippen LogP contribution >= 0.6 is 0 Å². The second-order valence-corrected chi connectivity index (χ2v) is 7.71. The Morgan fingerprint density at radius 1 is 1.29 bits per heavy atom. The Hall–Kier alpha value is -3.53. The number of aromatic nitrogens is 2. The molecule has 0 bridgehead atoms. The first-order valence-corrected chi connectivity index (χ1v) is 10.4. The van der Waals surface area contributed by atoms with Crippen LogP contribution in [0, 0.1) is 5.92 Å². The van der Waals surface area contributed by atoms with Gasteiger partial charge in [-0.05, 0) is 60.6 Å². The number of carbonyl (C=O) groups excluding carboxylic acids is 1. The van der Waals surface area contributed by atoms with Crippen molar-refractivity contribution in [3.8, 4) is 22.8 Å². The lowest BCUT2D eigenvalue weighted by molar-refractivity contribution is 0.0938. The molecule has 31 heavy (non-hydrogen) atoms. The molecule has 2 aliphatic rings. The number of hydrogen-bond acceptors (Lipinski definition) is 4. The summed E-state index contributed by atoms with van der Waals surface area (Å²) in [6.45, 7) is 0.609. The van der Waals surface area contributed by atoms with Gasteiger partial charge in [-0.15, -0.1) is 0 Å². The number of ether oxygens (including phenoxy) is 1. The van der Waals surface area contributed by atoms with Gasteiger partial charge in [-0.25, -0.2) is 4.68 Å². The number of hydrogen-bond donors (Lipinski definition) is 2. The highest BCUT2D eigenvalue weighted by Gasteiger charge is 2.23. The predicted molar refractivity (Wildman–Crippen MR) is 115 cm³/mol. The fraction of sp³-hybridized carbons (Fsp3) is 0.333. The van der Waals surface area contributed by atoms with Gasteiger partial charge in [-0.3, -0.25) is 4.79 Å². The molecule has 7 heteroatoms. The average Bonchev–Trinajstić information content (AvgIpc) is 3.23. The average molecular weight is 421 g/mol. The molecule has 6 nitrogen and oxygen atoms in total. The molecule has 4 rings (SSSR count). The van der Waals surface area contributed by atoms with E-state index in [1.807, 2.05) is 0 Å². The molecule has 0 aliphatic heterocycles. The molecule has 2 N–H and O–H groups in total. The van der Waals surface area contributed by atoms with E-state index in [1.165, 1.54) is 49.3 Å². The summed E-state index contributed by atoms with van der Waals surface area (Å²) >= 11 is 0. The molecule has 0 atom stereocenters. The Morgan fingerprint density at radius 2 is 2.10 bits per heavy atom. The van der Waals surface area contributed by atoms with Crippen LogP contribution in [-0.4, -0.2) is 34.4 Å². The van der Waals surface area contributed by atoms with Gasteiger partial charge in [0.05, 0.1) is 18.4 Å². The van der Waals surface area contributed by atoms with E-state index in [4.69, 9.17) is 4.74 Å². The van der Waals surface area contributed by atoms with Gasteiger partial charge in [-0.2, -0.15) is 9.49 Å². The molecule has 1 aromatic carbocycles. The van der Waals surface area contributed by atoms with Crippen molar-refractivity contribution in [3.05, 3.63) is 59.4 Å². The van der Waals surface area contributed by atoms with Crippen LogP contribution in [0.3, 0.4) is 0 Å². The number of nitrogens with zero attached hydrogens (tertiary/aromatic N) is 2. The third-order valence-corrected chi connectivity index (χ3v) is 5.62. The first kappa shape index (κ1) is 20.7. The van der Waals surface area contributed by atoms with Crippen molar-refractivity contribution in [1.29, 1.82) is 0 Å². The number of amides is 1. The summed E-state index contributed by atoms with van der Waals surface area (Å²) in [6.07, 6.45) is 8.62. The lowest BCUT2D eigenvalue weighted by Gasteiger charge is -2.21. The number of benzene rings is 1. The first-order valence-electron chi connectivity index (χ1n) is 10.4. The molecule has 0 saturated heterocycles. The zero-order valence-electron chi connectivity index (χ0n) is 17.3. The maximum atomic E-state index is 13.4. The topological polar surface area (TPSA) is 76.4 Å². The van der Waals surface area contributed by atoms with Crippen molar-refractivity contribution in [2.45, 2.75) is 32.1 Å². The van der Waals surface area contributed by atoms with Crippen LogP contribution in [0.1, 0.15) is 42.6 Å². The summed E-state index contributed by atoms with van der Waals surface area (Å²) in [7, 11) is 1.49. The fourth-order valence-corrected chi connectivity index (χ4v) is 4.00. The number of methoxy groups -OCH3 is 1. The van der Waals surface area contributed by atoms with E-state index in [0.717, 1.165) is 12.8 Å². The zero-order valence-corrected chi connectivity index (χ0v) is 17.3. The summed E-state index contributed by atoms with van der Waals surface area (Å²) in [5.74, 6) is 0.0220. The second-order valence-electron chi connectivity index (χ2n) is 7.71. The van der Waals surface area contributed by atoms with Crippen LogP contribution in [0.4, 0.5) is 4.39 Å². The Morgan fingerprint density at radius 3 is 2.81 bits per heavy atom. The maximum Gasteiger partial charge on any atom is 0.271 e. The number of phenolic OH excluding ortho intramolecular Hbond substituents is 1. The third kappa shape index (κ3) is 4.48. The van der Waals surface area contributed by atoms with Gasteiger partial charge in [0.1, 0.15) is 17.2 Å². The Balaban J connectivity index is 1.72. The lowest BCUT2D eigenvalue weighted by Crippen LogP contribution is -2.30. The smallest absolute Gasteiger partial charge is 0.271 e. The largest absolute Gasteiger partial charge is 0.507 e. The van der Waals surface area contributed by atoms with Crippen molar-refractivity contribution < 1.29 is 19.0 Å². The van der Waals surface area contributed by atoms with Crippen LogP contribution in [0.15, 0.2) is 53.7 Å². The van der Waals surface area contributed by atoms with Gasteiger partial charge >= 0.3 is 0 Å². The number of aromatic hydroxyl groups is 1. The summed E-state index contributed by atoms with van der Waals surface area (Å²) in [5, 5.41) is 17.9. The molecule has 0 spiro atoms. The van der Waals surface area contributed by atoms with E-state index in [1.54, 1.807) is 18.2 Å². The highest BCUT2D eigenvalue weighted by Crippen LogP contribution is 2.39. The maximum absolute atomic E-state index is 13.4. The minimum atomic E-state index is -0.553. The van der Waals surface area contributed by atoms with E-state index in [-0.39, 0.29) is 17.4 Å². The van der Waals surface area contributed by atoms with Crippen molar-refractivity contribution in [2.24, 2.45) is 5.92 Å². The van der Waals surface area contributed by atoms with Gasteiger partial charge in [0.15, 0.2) is 11.5 Å². The van der Waals surface area contributed by atoms with Crippen LogP contribution in [0.2, 0.25) is 0 Å². The Kier molecular flexibility index (Phi) is 6.08. The van der Waals surface area contributed by atoms with E-state index in [2.05, 4.69) is 21.9 Å². The zero-order chi connectivity index (χ0) is 21.8. The van der Waals surface area contributed by atoms with Crippen LogP contribution in [0.5, 0.6) is 11.5 Å². The quantitative estimate of drug-likeness (QED) is 0.669. The SMILES string of the molecule is COc1cccc(O)c1-c1cc(C(=O)NCC2CCCCC2)nn1C1=C=C=C(F)C=C1. The molecule has 160 valence electrons. The minimum Gasteiger partial charge on any atom is -0.507 e. The summed E-state index contributed by atoms with van der Waals surface area (Å²) < 4.78 is 20.2. The van der Waals surface area contributed by atoms with Crippen LogP contribution in [0.25, 0.3) is 17.0 Å². The minimum absolute atomic E-state index is 0.0271. The highest BCUT2D eigenvalue weighted by molar-refractivity contribution is 5.94. The number of halogens is 1. The number of phenols is 1. The van der Waals surface area contributed by atoms with Gasteiger partial charge < -0.3 is 15.2 Å². The van der Waals surface area contributed by atoms with Crippen molar-refractivity contribution in [1.82, 2.24) is 15.1 Å². The summed E-state index contributed by atoms with van der Waals surface area (Å²) in [5.41, 5.74) is 6.46. The van der Waals surface area contributed by atoms with Crippen molar-refractivity contribution >= 4 is 11.6 Å². The molecule has 1 amide bonds. The summed E-state index contributed by atoms with van der Waals surface area (Å²) in [4.78, 5) is 12.9. The molecule has 1 fully saturated rings. The molecule has 1 saturated carbocycles. The molecule has 1 heterocycles. The van der Waals surface area contributed by atoms with E-state index >= 15 is 0 Å². The summed E-state index contributed by atoms with van der Waals surface area (Å²) in [6, 6.07) is 6.48. The van der Waals surface area contributed by atoms with Gasteiger partial charge in [0.2, 0.25) is 0 Å². The number of carbonyl (C=O) groups is 1. The van der Waals surface area contributed by atoms with Crippen LogP contribution < -0.4 is 10.1 Å². The van der Waals surface area contributed by atoms with E-state index in [9.17, 15) is 14.3 Å². The number of rotatable bonds is 6.